The number of nitrogens with one attached hydrogen (secondary N) is 1. The van der Waals surface area contributed by atoms with Crippen molar-refractivity contribution in [1.82, 2.24) is 5.32 Å². The fourth-order valence-corrected chi connectivity index (χ4v) is 1.26. The van der Waals surface area contributed by atoms with Crippen LogP contribution in [0.5, 0.6) is 0 Å². The fraction of sp³-hybridized carbons (Fsp3) is 0.200. The molecular formula is C10H11ClN2OS. The first-order valence-electron chi connectivity index (χ1n) is 4.33. The summed E-state index contributed by atoms with van der Waals surface area (Å²) in [5.74, 6) is -0.232. The Bertz CT molecular complexity index is 406. The second-order valence-corrected chi connectivity index (χ2v) is 4.04. The van der Waals surface area contributed by atoms with E-state index in [-0.39, 0.29) is 17.4 Å². The van der Waals surface area contributed by atoms with Crippen LogP contribution in [0, 0.1) is 6.92 Å². The molecule has 5 heteroatoms. The maximum atomic E-state index is 11.5. The van der Waals surface area contributed by atoms with Gasteiger partial charge in [-0.2, -0.15) is 0 Å². The van der Waals surface area contributed by atoms with Crippen molar-refractivity contribution in [2.24, 2.45) is 5.73 Å². The van der Waals surface area contributed by atoms with Crippen LogP contribution in [-0.4, -0.2) is 17.4 Å². The molecule has 0 bridgehead atoms. The molecule has 0 aliphatic carbocycles. The summed E-state index contributed by atoms with van der Waals surface area (Å²) in [6.45, 7) is 2.07. The molecule has 0 fully saturated rings. The topological polar surface area (TPSA) is 55.1 Å². The van der Waals surface area contributed by atoms with Gasteiger partial charge in [0.2, 0.25) is 0 Å². The van der Waals surface area contributed by atoms with Crippen molar-refractivity contribution < 1.29 is 4.79 Å². The monoisotopic (exact) mass is 242 g/mol. The zero-order valence-electron chi connectivity index (χ0n) is 8.21. The molecule has 0 saturated heterocycles. The number of thiocarbonyl (C=S) groups is 1. The van der Waals surface area contributed by atoms with Crippen LogP contribution >= 0.6 is 23.8 Å². The van der Waals surface area contributed by atoms with E-state index in [9.17, 15) is 4.79 Å². The molecule has 0 aliphatic rings. The Morgan fingerprint density at radius 2 is 2.27 bits per heavy atom. The molecule has 1 aromatic rings. The SMILES string of the molecule is Cc1ccc(C(=O)NCC(N)=S)cc1Cl. The predicted octanol–water partition coefficient (Wildman–Crippen LogP) is 1.66. The van der Waals surface area contributed by atoms with Crippen LogP contribution in [0.3, 0.4) is 0 Å². The molecule has 3 N–H and O–H groups in total. The maximum Gasteiger partial charge on any atom is 0.251 e. The number of halogens is 1. The van der Waals surface area contributed by atoms with Crippen LogP contribution < -0.4 is 11.1 Å². The third-order valence-corrected chi connectivity index (χ3v) is 2.41. The molecule has 1 aromatic carbocycles. The van der Waals surface area contributed by atoms with Crippen LogP contribution in [0.4, 0.5) is 0 Å². The number of carbonyl (C=O) groups excluding carboxylic acids is 1. The molecule has 0 saturated carbocycles. The molecule has 0 spiro atoms. The van der Waals surface area contributed by atoms with E-state index in [2.05, 4.69) is 17.5 Å². The van der Waals surface area contributed by atoms with Gasteiger partial charge in [-0.15, -0.1) is 0 Å². The minimum absolute atomic E-state index is 0.194. The van der Waals surface area contributed by atoms with Gasteiger partial charge in [-0.1, -0.05) is 29.9 Å². The molecule has 0 radical (unpaired) electrons. The summed E-state index contributed by atoms with van der Waals surface area (Å²) in [7, 11) is 0. The molecule has 1 amide bonds. The lowest BCUT2D eigenvalue weighted by Gasteiger charge is -2.05. The van der Waals surface area contributed by atoms with Gasteiger partial charge in [-0.25, -0.2) is 0 Å². The van der Waals surface area contributed by atoms with Crippen molar-refractivity contribution in [3.8, 4) is 0 Å². The summed E-state index contributed by atoms with van der Waals surface area (Å²) >= 11 is 10.5. The lowest BCUT2D eigenvalue weighted by atomic mass is 10.1. The molecule has 0 aromatic heterocycles. The number of hydrogen-bond acceptors (Lipinski definition) is 2. The van der Waals surface area contributed by atoms with Gasteiger partial charge < -0.3 is 11.1 Å². The maximum absolute atomic E-state index is 11.5. The first-order valence-corrected chi connectivity index (χ1v) is 5.12. The molecule has 15 heavy (non-hydrogen) atoms. The van der Waals surface area contributed by atoms with Crippen LogP contribution in [0.2, 0.25) is 5.02 Å². The van der Waals surface area contributed by atoms with Crippen molar-refractivity contribution in [3.63, 3.8) is 0 Å². The van der Waals surface area contributed by atoms with Gasteiger partial charge in [0.1, 0.15) is 0 Å². The Balaban J connectivity index is 2.74. The summed E-state index contributed by atoms with van der Waals surface area (Å²) in [6, 6.07) is 5.11. The van der Waals surface area contributed by atoms with Gasteiger partial charge in [0.15, 0.2) is 0 Å². The molecule has 0 atom stereocenters. The molecule has 3 nitrogen and oxygen atoms in total. The van der Waals surface area contributed by atoms with Crippen LogP contribution in [-0.2, 0) is 0 Å². The zero-order valence-corrected chi connectivity index (χ0v) is 9.78. The standard InChI is InChI=1S/C10H11ClN2OS/c1-6-2-3-7(4-8(6)11)10(14)13-5-9(12)15/h2-4H,5H2,1H3,(H2,12,15)(H,13,14). The highest BCUT2D eigenvalue weighted by atomic mass is 35.5. The Labute approximate surface area is 98.6 Å². The van der Waals surface area contributed by atoms with E-state index >= 15 is 0 Å². The van der Waals surface area contributed by atoms with E-state index in [0.717, 1.165) is 5.56 Å². The number of nitrogens with two attached hydrogens (primary N) is 1. The summed E-state index contributed by atoms with van der Waals surface area (Å²) in [4.78, 5) is 11.8. The van der Waals surface area contributed by atoms with Gasteiger partial charge >= 0.3 is 0 Å². The first kappa shape index (κ1) is 11.9. The highest BCUT2D eigenvalue weighted by Crippen LogP contribution is 2.16. The average molecular weight is 243 g/mol. The van der Waals surface area contributed by atoms with E-state index in [1.807, 2.05) is 6.92 Å². The number of carbonyl (C=O) groups is 1. The lowest BCUT2D eigenvalue weighted by molar-refractivity contribution is 0.0959. The second kappa shape index (κ2) is 5.09. The van der Waals surface area contributed by atoms with Crippen molar-refractivity contribution in [3.05, 3.63) is 34.3 Å². The highest BCUT2D eigenvalue weighted by Gasteiger charge is 2.06. The Morgan fingerprint density at radius 3 is 2.80 bits per heavy atom. The number of rotatable bonds is 3. The molecule has 0 heterocycles. The Hall–Kier alpha value is -1.13. The third kappa shape index (κ3) is 3.49. The normalized spacial score (nSPS) is 9.73. The molecule has 80 valence electrons. The Morgan fingerprint density at radius 1 is 1.60 bits per heavy atom. The van der Waals surface area contributed by atoms with Crippen molar-refractivity contribution in [1.29, 1.82) is 0 Å². The van der Waals surface area contributed by atoms with Gasteiger partial charge in [-0.05, 0) is 24.6 Å². The fourth-order valence-electron chi connectivity index (χ4n) is 1.00. The van der Waals surface area contributed by atoms with E-state index in [0.29, 0.717) is 10.6 Å². The van der Waals surface area contributed by atoms with E-state index in [1.54, 1.807) is 18.2 Å². The van der Waals surface area contributed by atoms with Gasteiger partial charge in [0.05, 0.1) is 11.5 Å². The minimum Gasteiger partial charge on any atom is -0.392 e. The summed E-state index contributed by atoms with van der Waals surface area (Å²) in [6.07, 6.45) is 0. The minimum atomic E-state index is -0.232. The number of amides is 1. The van der Waals surface area contributed by atoms with E-state index < -0.39 is 0 Å². The van der Waals surface area contributed by atoms with Crippen molar-refractivity contribution in [2.75, 3.05) is 6.54 Å². The van der Waals surface area contributed by atoms with E-state index in [1.165, 1.54) is 0 Å². The molecule has 0 unspecified atom stereocenters. The predicted molar refractivity (Wildman–Crippen MR) is 65.3 cm³/mol. The second-order valence-electron chi connectivity index (χ2n) is 3.11. The summed E-state index contributed by atoms with van der Waals surface area (Å²) in [5.41, 5.74) is 6.70. The van der Waals surface area contributed by atoms with Crippen molar-refractivity contribution >= 4 is 34.7 Å². The van der Waals surface area contributed by atoms with Crippen LogP contribution in [0.1, 0.15) is 15.9 Å². The van der Waals surface area contributed by atoms with Crippen LogP contribution in [0.25, 0.3) is 0 Å². The quantitative estimate of drug-likeness (QED) is 0.793. The molecular weight excluding hydrogens is 232 g/mol. The number of hydrogen-bond donors (Lipinski definition) is 2. The lowest BCUT2D eigenvalue weighted by Crippen LogP contribution is -2.32. The highest BCUT2D eigenvalue weighted by molar-refractivity contribution is 7.80. The smallest absolute Gasteiger partial charge is 0.251 e. The van der Waals surface area contributed by atoms with E-state index in [4.69, 9.17) is 17.3 Å². The average Bonchev–Trinajstić information content (AvgIpc) is 2.18. The van der Waals surface area contributed by atoms with Crippen molar-refractivity contribution in [2.45, 2.75) is 6.92 Å². The van der Waals surface area contributed by atoms with Gasteiger partial charge in [-0.3, -0.25) is 4.79 Å². The van der Waals surface area contributed by atoms with Gasteiger partial charge in [0, 0.05) is 10.6 Å². The zero-order chi connectivity index (χ0) is 11.4. The summed E-state index contributed by atoms with van der Waals surface area (Å²) < 4.78 is 0. The number of benzene rings is 1. The largest absolute Gasteiger partial charge is 0.392 e. The third-order valence-electron chi connectivity index (χ3n) is 1.86. The molecule has 0 aliphatic heterocycles. The summed E-state index contributed by atoms with van der Waals surface area (Å²) in [5, 5.41) is 3.15. The first-order chi connectivity index (χ1) is 7.00. The van der Waals surface area contributed by atoms with Gasteiger partial charge in [0.25, 0.3) is 5.91 Å². The Kier molecular flexibility index (Phi) is 4.05. The van der Waals surface area contributed by atoms with Crippen LogP contribution in [0.15, 0.2) is 18.2 Å². The number of aryl methyl sites for hydroxylation is 1. The molecule has 1 rings (SSSR count).